The summed E-state index contributed by atoms with van der Waals surface area (Å²) in [6.45, 7) is 9.62. The topological polar surface area (TPSA) is 49.4 Å². The van der Waals surface area contributed by atoms with Crippen LogP contribution >= 0.6 is 0 Å². The number of hydrogen-bond acceptors (Lipinski definition) is 3. The summed E-state index contributed by atoms with van der Waals surface area (Å²) in [7, 11) is -3.04. The summed E-state index contributed by atoms with van der Waals surface area (Å²) in [4.78, 5) is 0. The van der Waals surface area contributed by atoms with Crippen molar-refractivity contribution in [1.82, 2.24) is 9.62 Å². The van der Waals surface area contributed by atoms with Gasteiger partial charge < -0.3 is 5.32 Å². The van der Waals surface area contributed by atoms with Crippen molar-refractivity contribution in [3.05, 3.63) is 0 Å². The van der Waals surface area contributed by atoms with Crippen LogP contribution < -0.4 is 5.32 Å². The lowest BCUT2D eigenvalue weighted by Crippen LogP contribution is -2.44. The van der Waals surface area contributed by atoms with Crippen molar-refractivity contribution in [3.8, 4) is 0 Å². The van der Waals surface area contributed by atoms with Gasteiger partial charge in [-0.15, -0.1) is 0 Å². The Hall–Kier alpha value is -0.130. The van der Waals surface area contributed by atoms with Crippen molar-refractivity contribution < 1.29 is 8.42 Å². The van der Waals surface area contributed by atoms with Crippen molar-refractivity contribution in [2.24, 2.45) is 5.41 Å². The first kappa shape index (κ1) is 15.9. The Labute approximate surface area is 112 Å². The summed E-state index contributed by atoms with van der Waals surface area (Å²) in [5, 5.41) is 3.22. The van der Waals surface area contributed by atoms with Crippen LogP contribution in [0, 0.1) is 5.41 Å². The standard InChI is InChI=1S/C13H28N2O2S/c1-4-14-9-5-6-11-18(16,17)15-10-7-8-13(2,3)12-15/h14H,4-12H2,1-3H3. The molecule has 18 heavy (non-hydrogen) atoms. The van der Waals surface area contributed by atoms with E-state index in [1.165, 1.54) is 0 Å². The fourth-order valence-electron chi connectivity index (χ4n) is 2.45. The lowest BCUT2D eigenvalue weighted by Gasteiger charge is -2.37. The second-order valence-corrected chi connectivity index (χ2v) is 8.07. The van der Waals surface area contributed by atoms with Crippen LogP contribution in [0.3, 0.4) is 0 Å². The van der Waals surface area contributed by atoms with Gasteiger partial charge >= 0.3 is 0 Å². The van der Waals surface area contributed by atoms with Crippen LogP contribution in [-0.2, 0) is 10.0 Å². The Kier molecular flexibility index (Phi) is 6.08. The van der Waals surface area contributed by atoms with Crippen LogP contribution in [-0.4, -0.2) is 44.7 Å². The van der Waals surface area contributed by atoms with Gasteiger partial charge in [0.05, 0.1) is 5.75 Å². The fraction of sp³-hybridized carbons (Fsp3) is 1.00. The molecule has 1 heterocycles. The van der Waals surface area contributed by atoms with Gasteiger partial charge in [0.25, 0.3) is 0 Å². The van der Waals surface area contributed by atoms with Gasteiger partial charge in [-0.3, -0.25) is 0 Å². The largest absolute Gasteiger partial charge is 0.317 e. The van der Waals surface area contributed by atoms with Gasteiger partial charge in [0, 0.05) is 13.1 Å². The van der Waals surface area contributed by atoms with E-state index in [1.54, 1.807) is 4.31 Å². The van der Waals surface area contributed by atoms with E-state index >= 15 is 0 Å². The van der Waals surface area contributed by atoms with Crippen LogP contribution in [0.5, 0.6) is 0 Å². The fourth-order valence-corrected chi connectivity index (χ4v) is 4.23. The van der Waals surface area contributed by atoms with E-state index in [1.807, 2.05) is 0 Å². The molecule has 1 N–H and O–H groups in total. The second-order valence-electron chi connectivity index (χ2n) is 5.98. The van der Waals surface area contributed by atoms with Crippen molar-refractivity contribution in [3.63, 3.8) is 0 Å². The number of piperidine rings is 1. The van der Waals surface area contributed by atoms with Crippen LogP contribution in [0.1, 0.15) is 46.5 Å². The molecule has 0 aliphatic carbocycles. The summed E-state index contributed by atoms with van der Waals surface area (Å²) in [6.07, 6.45) is 3.81. The molecule has 5 heteroatoms. The molecule has 1 aliphatic rings. The second kappa shape index (κ2) is 6.87. The third kappa shape index (κ3) is 5.24. The van der Waals surface area contributed by atoms with E-state index in [0.29, 0.717) is 18.8 Å². The highest BCUT2D eigenvalue weighted by Gasteiger charge is 2.32. The molecule has 0 aromatic carbocycles. The van der Waals surface area contributed by atoms with Gasteiger partial charge in [-0.1, -0.05) is 20.8 Å². The summed E-state index contributed by atoms with van der Waals surface area (Å²) in [5.41, 5.74) is 0.134. The Morgan fingerprint density at radius 1 is 1.28 bits per heavy atom. The zero-order valence-corrected chi connectivity index (χ0v) is 12.9. The minimum Gasteiger partial charge on any atom is -0.317 e. The molecule has 0 aromatic rings. The molecule has 1 rings (SSSR count). The smallest absolute Gasteiger partial charge is 0.214 e. The van der Waals surface area contributed by atoms with Crippen molar-refractivity contribution in [2.45, 2.75) is 46.5 Å². The number of nitrogens with one attached hydrogen (secondary N) is 1. The van der Waals surface area contributed by atoms with Gasteiger partial charge in [0.15, 0.2) is 0 Å². The van der Waals surface area contributed by atoms with E-state index in [9.17, 15) is 8.42 Å². The predicted octanol–water partition coefficient (Wildman–Crippen LogP) is 1.83. The molecular weight excluding hydrogens is 248 g/mol. The molecular formula is C13H28N2O2S. The average Bonchev–Trinajstić information content (AvgIpc) is 2.27. The van der Waals surface area contributed by atoms with Gasteiger partial charge in [-0.25, -0.2) is 12.7 Å². The Balaban J connectivity index is 2.38. The first-order valence-electron chi connectivity index (χ1n) is 7.06. The molecule has 1 aliphatic heterocycles. The van der Waals surface area contributed by atoms with Gasteiger partial charge in [-0.2, -0.15) is 0 Å². The highest BCUT2D eigenvalue weighted by molar-refractivity contribution is 7.89. The van der Waals surface area contributed by atoms with E-state index < -0.39 is 10.0 Å². The molecule has 0 spiro atoms. The lowest BCUT2D eigenvalue weighted by atomic mass is 9.85. The maximum absolute atomic E-state index is 12.2. The SMILES string of the molecule is CCNCCCCS(=O)(=O)N1CCCC(C)(C)C1. The van der Waals surface area contributed by atoms with Crippen LogP contribution in [0.15, 0.2) is 0 Å². The molecule has 0 aromatic heterocycles. The first-order valence-corrected chi connectivity index (χ1v) is 8.67. The van der Waals surface area contributed by atoms with E-state index in [0.717, 1.165) is 38.8 Å². The minimum atomic E-state index is -3.04. The number of hydrogen-bond donors (Lipinski definition) is 1. The van der Waals surface area contributed by atoms with Crippen LogP contribution in [0.2, 0.25) is 0 Å². The maximum Gasteiger partial charge on any atom is 0.214 e. The normalized spacial score (nSPS) is 21.1. The number of sulfonamides is 1. The predicted molar refractivity (Wildman–Crippen MR) is 76.2 cm³/mol. The third-order valence-electron chi connectivity index (χ3n) is 3.51. The monoisotopic (exact) mass is 276 g/mol. The molecule has 0 saturated carbocycles. The Morgan fingerprint density at radius 2 is 2.00 bits per heavy atom. The summed E-state index contributed by atoms with van der Waals surface area (Å²) < 4.78 is 26.1. The molecule has 1 fully saturated rings. The van der Waals surface area contributed by atoms with E-state index in [-0.39, 0.29) is 5.41 Å². The van der Waals surface area contributed by atoms with E-state index in [4.69, 9.17) is 0 Å². The summed E-state index contributed by atoms with van der Waals surface area (Å²) >= 11 is 0. The van der Waals surface area contributed by atoms with Gasteiger partial charge in [-0.05, 0) is 44.2 Å². The van der Waals surface area contributed by atoms with Crippen LogP contribution in [0.25, 0.3) is 0 Å². The van der Waals surface area contributed by atoms with Crippen molar-refractivity contribution >= 4 is 10.0 Å². The average molecular weight is 276 g/mol. The Bertz CT molecular complexity index is 339. The Morgan fingerprint density at radius 3 is 2.61 bits per heavy atom. The number of unbranched alkanes of at least 4 members (excludes halogenated alkanes) is 1. The molecule has 0 amide bonds. The highest BCUT2D eigenvalue weighted by Crippen LogP contribution is 2.30. The zero-order valence-electron chi connectivity index (χ0n) is 12.0. The molecule has 0 radical (unpaired) electrons. The molecule has 0 bridgehead atoms. The number of nitrogens with zero attached hydrogens (tertiary/aromatic N) is 1. The minimum absolute atomic E-state index is 0.134. The molecule has 0 unspecified atom stereocenters. The molecule has 0 atom stereocenters. The quantitative estimate of drug-likeness (QED) is 0.722. The molecule has 4 nitrogen and oxygen atoms in total. The summed E-state index contributed by atoms with van der Waals surface area (Å²) in [6, 6.07) is 0. The lowest BCUT2D eigenvalue weighted by molar-refractivity contribution is 0.187. The first-order chi connectivity index (χ1) is 8.37. The zero-order chi connectivity index (χ0) is 13.6. The van der Waals surface area contributed by atoms with Crippen molar-refractivity contribution in [2.75, 3.05) is 31.9 Å². The van der Waals surface area contributed by atoms with Gasteiger partial charge in [0.1, 0.15) is 0 Å². The highest BCUT2D eigenvalue weighted by atomic mass is 32.2. The van der Waals surface area contributed by atoms with Crippen LogP contribution in [0.4, 0.5) is 0 Å². The van der Waals surface area contributed by atoms with Gasteiger partial charge in [0.2, 0.25) is 10.0 Å². The summed E-state index contributed by atoms with van der Waals surface area (Å²) in [5.74, 6) is 0.300. The molecule has 108 valence electrons. The van der Waals surface area contributed by atoms with Crippen molar-refractivity contribution in [1.29, 1.82) is 0 Å². The van der Waals surface area contributed by atoms with E-state index in [2.05, 4.69) is 26.1 Å². The maximum atomic E-state index is 12.2. The third-order valence-corrected chi connectivity index (χ3v) is 5.42. The molecule has 1 saturated heterocycles. The number of rotatable bonds is 7.